The van der Waals surface area contributed by atoms with Gasteiger partial charge in [0.05, 0.1) is 17.9 Å². The molecule has 24 heavy (non-hydrogen) atoms. The van der Waals surface area contributed by atoms with Crippen LogP contribution in [0.25, 0.3) is 0 Å². The monoisotopic (exact) mass is 342 g/mol. The van der Waals surface area contributed by atoms with Crippen molar-refractivity contribution in [1.29, 1.82) is 0 Å². The van der Waals surface area contributed by atoms with Gasteiger partial charge in [0.2, 0.25) is 5.91 Å². The first kappa shape index (κ1) is 15.4. The van der Waals surface area contributed by atoms with Crippen LogP contribution in [0, 0.1) is 0 Å². The molecule has 0 saturated heterocycles. The lowest BCUT2D eigenvalue weighted by Gasteiger charge is -2.33. The van der Waals surface area contributed by atoms with Gasteiger partial charge in [-0.25, -0.2) is 0 Å². The highest BCUT2D eigenvalue weighted by atomic mass is 32.1. The van der Waals surface area contributed by atoms with Crippen molar-refractivity contribution in [3.8, 4) is 0 Å². The van der Waals surface area contributed by atoms with Gasteiger partial charge in [0.1, 0.15) is 12.6 Å². The summed E-state index contributed by atoms with van der Waals surface area (Å²) in [5.74, 6) is -0.123. The third-order valence-corrected chi connectivity index (χ3v) is 5.98. The number of anilines is 2. The topological polar surface area (TPSA) is 53.9 Å². The summed E-state index contributed by atoms with van der Waals surface area (Å²) in [6, 6.07) is 9.98. The van der Waals surface area contributed by atoms with Gasteiger partial charge in [-0.2, -0.15) is 0 Å². The highest BCUT2D eigenvalue weighted by molar-refractivity contribution is 7.10. The largest absolute Gasteiger partial charge is 0.323 e. The number of benzene rings is 1. The summed E-state index contributed by atoms with van der Waals surface area (Å²) in [6.07, 6.45) is 1.02. The number of rotatable bonds is 2. The van der Waals surface area contributed by atoms with E-state index in [0.29, 0.717) is 18.3 Å². The maximum Gasteiger partial charge on any atom is 0.282 e. The minimum atomic E-state index is -0.135. The smallest absolute Gasteiger partial charge is 0.282 e. The first-order valence-electron chi connectivity index (χ1n) is 8.23. The van der Waals surface area contributed by atoms with E-state index in [1.165, 1.54) is 15.3 Å². The van der Waals surface area contributed by atoms with Crippen LogP contribution < -0.4 is 15.1 Å². The molecule has 6 heteroatoms. The van der Waals surface area contributed by atoms with Crippen molar-refractivity contribution in [2.45, 2.75) is 19.4 Å². The standard InChI is InChI=1S/C18H19N3O2S/c1-12-13-7-9-24-16(13)6-8-20(12)11-18(23)21-10-17(22)19-14-4-2-3-5-15(14)21/h2-5,7,9,12H,6,8,10-11H2,1H3,(H,19,22)/p+1/t12-/m0/s1. The molecule has 5 nitrogen and oxygen atoms in total. The summed E-state index contributed by atoms with van der Waals surface area (Å²) in [6.45, 7) is 3.66. The van der Waals surface area contributed by atoms with Crippen molar-refractivity contribution in [2.75, 3.05) is 29.9 Å². The molecule has 1 aromatic heterocycles. The van der Waals surface area contributed by atoms with Crippen molar-refractivity contribution in [3.63, 3.8) is 0 Å². The fourth-order valence-electron chi connectivity index (χ4n) is 3.64. The zero-order chi connectivity index (χ0) is 16.7. The number of quaternary nitrogens is 1. The lowest BCUT2D eigenvalue weighted by molar-refractivity contribution is -0.924. The zero-order valence-corrected chi connectivity index (χ0v) is 14.4. The van der Waals surface area contributed by atoms with E-state index < -0.39 is 0 Å². The molecule has 1 aromatic carbocycles. The van der Waals surface area contributed by atoms with Gasteiger partial charge < -0.3 is 10.2 Å². The molecule has 0 aliphatic carbocycles. The maximum atomic E-state index is 12.9. The van der Waals surface area contributed by atoms with E-state index in [9.17, 15) is 9.59 Å². The van der Waals surface area contributed by atoms with Gasteiger partial charge in [-0.05, 0) is 30.5 Å². The second kappa shape index (κ2) is 6.03. The Balaban J connectivity index is 1.54. The van der Waals surface area contributed by atoms with Crippen LogP contribution in [-0.2, 0) is 16.0 Å². The van der Waals surface area contributed by atoms with E-state index in [4.69, 9.17) is 0 Å². The SMILES string of the molecule is C[C@H]1c2ccsc2CC[NH+]1CC(=O)N1CC(=O)Nc2ccccc21. The number of carbonyl (C=O) groups excluding carboxylic acids is 2. The Labute approximate surface area is 144 Å². The number of carbonyl (C=O) groups is 2. The number of fused-ring (bicyclic) bond motifs is 2. The molecule has 2 amide bonds. The Bertz CT molecular complexity index is 801. The Morgan fingerprint density at radius 2 is 2.21 bits per heavy atom. The van der Waals surface area contributed by atoms with Gasteiger partial charge in [0, 0.05) is 16.9 Å². The van der Waals surface area contributed by atoms with Gasteiger partial charge >= 0.3 is 0 Å². The number of para-hydroxylation sites is 2. The molecule has 0 fully saturated rings. The van der Waals surface area contributed by atoms with Crippen LogP contribution in [0.3, 0.4) is 0 Å². The second-order valence-corrected chi connectivity index (χ2v) is 7.40. The van der Waals surface area contributed by atoms with Crippen molar-refractivity contribution >= 4 is 34.5 Å². The van der Waals surface area contributed by atoms with Gasteiger partial charge in [-0.1, -0.05) is 12.1 Å². The van der Waals surface area contributed by atoms with Crippen LogP contribution in [0.15, 0.2) is 35.7 Å². The van der Waals surface area contributed by atoms with Crippen LogP contribution in [-0.4, -0.2) is 31.4 Å². The number of nitrogens with one attached hydrogen (secondary N) is 2. The van der Waals surface area contributed by atoms with Crippen molar-refractivity contribution in [2.24, 2.45) is 0 Å². The first-order valence-corrected chi connectivity index (χ1v) is 9.11. The van der Waals surface area contributed by atoms with Crippen LogP contribution >= 0.6 is 11.3 Å². The average molecular weight is 342 g/mol. The molecule has 3 heterocycles. The number of thiophene rings is 1. The van der Waals surface area contributed by atoms with Gasteiger partial charge in [-0.3, -0.25) is 14.5 Å². The summed E-state index contributed by atoms with van der Waals surface area (Å²) in [7, 11) is 0. The molecular formula is C18H20N3O2S+. The minimum absolute atomic E-state index is 0.0119. The molecule has 4 rings (SSSR count). The van der Waals surface area contributed by atoms with Gasteiger partial charge in [0.25, 0.3) is 5.91 Å². The maximum absolute atomic E-state index is 12.9. The highest BCUT2D eigenvalue weighted by Crippen LogP contribution is 2.29. The van der Waals surface area contributed by atoms with Crippen LogP contribution in [0.5, 0.6) is 0 Å². The van der Waals surface area contributed by atoms with E-state index in [1.807, 2.05) is 35.6 Å². The van der Waals surface area contributed by atoms with Crippen molar-refractivity contribution < 1.29 is 14.5 Å². The third-order valence-electron chi connectivity index (χ3n) is 4.98. The normalized spacial score (nSPS) is 22.5. The van der Waals surface area contributed by atoms with E-state index in [0.717, 1.165) is 18.7 Å². The molecule has 0 radical (unpaired) electrons. The molecule has 0 saturated carbocycles. The molecule has 2 N–H and O–H groups in total. The van der Waals surface area contributed by atoms with Crippen molar-refractivity contribution in [3.05, 3.63) is 46.2 Å². The fraction of sp³-hybridized carbons (Fsp3) is 0.333. The molecular weight excluding hydrogens is 322 g/mol. The lowest BCUT2D eigenvalue weighted by Crippen LogP contribution is -3.14. The van der Waals surface area contributed by atoms with Crippen LogP contribution in [0.2, 0.25) is 0 Å². The Hall–Kier alpha value is -2.18. The highest BCUT2D eigenvalue weighted by Gasteiger charge is 2.33. The lowest BCUT2D eigenvalue weighted by atomic mass is 10.0. The van der Waals surface area contributed by atoms with Crippen LogP contribution in [0.1, 0.15) is 23.4 Å². The molecule has 0 bridgehead atoms. The number of amides is 2. The Kier molecular flexibility index (Phi) is 3.86. The summed E-state index contributed by atoms with van der Waals surface area (Å²) in [5, 5.41) is 4.96. The molecule has 1 unspecified atom stereocenters. The Morgan fingerprint density at radius 3 is 3.08 bits per heavy atom. The first-order chi connectivity index (χ1) is 11.6. The van der Waals surface area contributed by atoms with Gasteiger partial charge in [0.15, 0.2) is 6.54 Å². The Morgan fingerprint density at radius 1 is 1.38 bits per heavy atom. The molecule has 0 spiro atoms. The molecule has 2 aromatic rings. The number of hydrogen-bond donors (Lipinski definition) is 2. The average Bonchev–Trinajstić information content (AvgIpc) is 3.06. The predicted molar refractivity (Wildman–Crippen MR) is 94.6 cm³/mol. The summed E-state index contributed by atoms with van der Waals surface area (Å²) >= 11 is 1.81. The van der Waals surface area contributed by atoms with E-state index in [2.05, 4.69) is 23.7 Å². The summed E-state index contributed by atoms with van der Waals surface area (Å²) < 4.78 is 0. The van der Waals surface area contributed by atoms with Crippen LogP contribution in [0.4, 0.5) is 11.4 Å². The third kappa shape index (κ3) is 2.61. The van der Waals surface area contributed by atoms with E-state index in [-0.39, 0.29) is 18.4 Å². The van der Waals surface area contributed by atoms with Gasteiger partial charge in [-0.15, -0.1) is 11.3 Å². The summed E-state index contributed by atoms with van der Waals surface area (Å²) in [4.78, 5) is 29.2. The fourth-order valence-corrected chi connectivity index (χ4v) is 4.62. The number of nitrogens with zero attached hydrogens (tertiary/aromatic N) is 1. The predicted octanol–water partition coefficient (Wildman–Crippen LogP) is 1.24. The van der Waals surface area contributed by atoms with E-state index >= 15 is 0 Å². The quantitative estimate of drug-likeness (QED) is 0.863. The van der Waals surface area contributed by atoms with Crippen molar-refractivity contribution in [1.82, 2.24) is 0 Å². The summed E-state index contributed by atoms with van der Waals surface area (Å²) in [5.41, 5.74) is 2.87. The molecule has 2 aliphatic heterocycles. The van der Waals surface area contributed by atoms with E-state index in [1.54, 1.807) is 4.90 Å². The second-order valence-electron chi connectivity index (χ2n) is 6.40. The molecule has 2 atom stereocenters. The number of hydrogen-bond acceptors (Lipinski definition) is 3. The zero-order valence-electron chi connectivity index (χ0n) is 13.5. The molecule has 124 valence electrons. The minimum Gasteiger partial charge on any atom is -0.323 e. The molecule has 2 aliphatic rings.